The van der Waals surface area contributed by atoms with E-state index in [0.29, 0.717) is 19.3 Å². The van der Waals surface area contributed by atoms with E-state index in [1.807, 2.05) is 20.8 Å². The van der Waals surface area contributed by atoms with E-state index in [1.165, 1.54) is 12.8 Å². The van der Waals surface area contributed by atoms with Gasteiger partial charge in [0.2, 0.25) is 0 Å². The molecule has 0 aromatic heterocycles. The summed E-state index contributed by atoms with van der Waals surface area (Å²) in [5.41, 5.74) is -0.411. The van der Waals surface area contributed by atoms with E-state index in [4.69, 9.17) is 9.84 Å². The molecule has 0 saturated heterocycles. The quantitative estimate of drug-likeness (QED) is 0.707. The van der Waals surface area contributed by atoms with Gasteiger partial charge in [-0.05, 0) is 33.6 Å². The maximum absolute atomic E-state index is 12.2. The summed E-state index contributed by atoms with van der Waals surface area (Å²) in [6, 6.07) is -0.237. The number of carbonyl (C=O) groups excluding carboxylic acids is 1. The lowest BCUT2D eigenvalue weighted by atomic mass is 10.1. The van der Waals surface area contributed by atoms with Gasteiger partial charge in [-0.25, -0.2) is 4.79 Å². The van der Waals surface area contributed by atoms with Crippen LogP contribution in [0.1, 0.15) is 52.9 Å². The number of nitrogens with one attached hydrogen (secondary N) is 1. The number of hydrogen-bond donors (Lipinski definition) is 2. The van der Waals surface area contributed by atoms with E-state index < -0.39 is 11.5 Å². The molecule has 2 amide bonds. The third kappa shape index (κ3) is 6.80. The van der Waals surface area contributed by atoms with Crippen molar-refractivity contribution in [1.29, 1.82) is 0 Å². The number of amides is 2. The molecule has 6 heteroatoms. The van der Waals surface area contributed by atoms with Crippen LogP contribution >= 0.6 is 0 Å². The second-order valence-electron chi connectivity index (χ2n) is 6.48. The van der Waals surface area contributed by atoms with E-state index in [9.17, 15) is 9.59 Å². The Kier molecular flexibility index (Phi) is 6.95. The SMILES string of the molecule is CC(C)(C)N(CCC(=O)O)C(=O)NCCOC1CCCC1. The standard InChI is InChI=1S/C15H28N2O4/c1-15(2,3)17(10-8-13(18)19)14(20)16-9-11-21-12-6-4-5-7-12/h12H,4-11H2,1-3H3,(H,16,20)(H,18,19). The zero-order chi connectivity index (χ0) is 15.9. The first kappa shape index (κ1) is 17.8. The molecule has 0 unspecified atom stereocenters. The predicted octanol–water partition coefficient (Wildman–Crippen LogP) is 2.23. The van der Waals surface area contributed by atoms with Gasteiger partial charge in [0.1, 0.15) is 0 Å². The van der Waals surface area contributed by atoms with E-state index in [0.717, 1.165) is 12.8 Å². The molecule has 0 heterocycles. The summed E-state index contributed by atoms with van der Waals surface area (Å²) >= 11 is 0. The zero-order valence-electron chi connectivity index (χ0n) is 13.4. The van der Waals surface area contributed by atoms with Crippen molar-refractivity contribution in [2.75, 3.05) is 19.7 Å². The van der Waals surface area contributed by atoms with Crippen LogP contribution in [-0.2, 0) is 9.53 Å². The fourth-order valence-corrected chi connectivity index (χ4v) is 2.48. The van der Waals surface area contributed by atoms with Crippen molar-refractivity contribution in [3.8, 4) is 0 Å². The molecule has 1 aliphatic rings. The molecule has 0 aromatic carbocycles. The van der Waals surface area contributed by atoms with E-state index >= 15 is 0 Å². The average molecular weight is 300 g/mol. The second kappa shape index (κ2) is 8.22. The first-order valence-electron chi connectivity index (χ1n) is 7.69. The summed E-state index contributed by atoms with van der Waals surface area (Å²) in [5.74, 6) is -0.901. The Hall–Kier alpha value is -1.30. The van der Waals surface area contributed by atoms with Crippen LogP contribution in [0, 0.1) is 0 Å². The monoisotopic (exact) mass is 300 g/mol. The Morgan fingerprint density at radius 3 is 2.43 bits per heavy atom. The van der Waals surface area contributed by atoms with Crippen molar-refractivity contribution < 1.29 is 19.4 Å². The number of carboxylic acids is 1. The highest BCUT2D eigenvalue weighted by Crippen LogP contribution is 2.20. The molecule has 0 aliphatic heterocycles. The molecule has 0 bridgehead atoms. The Morgan fingerprint density at radius 2 is 1.90 bits per heavy atom. The molecule has 0 radical (unpaired) electrons. The van der Waals surface area contributed by atoms with Gasteiger partial charge in [0.25, 0.3) is 0 Å². The molecular formula is C15H28N2O4. The van der Waals surface area contributed by atoms with Crippen LogP contribution in [0.5, 0.6) is 0 Å². The summed E-state index contributed by atoms with van der Waals surface area (Å²) in [6.07, 6.45) is 4.96. The van der Waals surface area contributed by atoms with Gasteiger partial charge >= 0.3 is 12.0 Å². The molecule has 1 aliphatic carbocycles. The number of carboxylic acid groups (broad SMARTS) is 1. The maximum Gasteiger partial charge on any atom is 0.317 e. The van der Waals surface area contributed by atoms with Gasteiger partial charge in [0.05, 0.1) is 19.1 Å². The van der Waals surface area contributed by atoms with Crippen LogP contribution in [0.25, 0.3) is 0 Å². The summed E-state index contributed by atoms with van der Waals surface area (Å²) in [6.45, 7) is 6.84. The van der Waals surface area contributed by atoms with Crippen molar-refractivity contribution in [1.82, 2.24) is 10.2 Å². The van der Waals surface area contributed by atoms with Crippen molar-refractivity contribution in [2.24, 2.45) is 0 Å². The number of rotatable bonds is 7. The highest BCUT2D eigenvalue weighted by molar-refractivity contribution is 5.76. The highest BCUT2D eigenvalue weighted by Gasteiger charge is 2.26. The molecule has 21 heavy (non-hydrogen) atoms. The minimum atomic E-state index is -0.901. The van der Waals surface area contributed by atoms with Crippen molar-refractivity contribution >= 4 is 12.0 Å². The zero-order valence-corrected chi connectivity index (χ0v) is 13.4. The average Bonchev–Trinajstić information content (AvgIpc) is 2.85. The van der Waals surface area contributed by atoms with Gasteiger partial charge in [-0.15, -0.1) is 0 Å². The minimum Gasteiger partial charge on any atom is -0.481 e. The lowest BCUT2D eigenvalue weighted by Crippen LogP contribution is -2.51. The van der Waals surface area contributed by atoms with Gasteiger partial charge in [0.15, 0.2) is 0 Å². The van der Waals surface area contributed by atoms with E-state index in [-0.39, 0.29) is 19.0 Å². The Labute approximate surface area is 126 Å². The number of nitrogens with zero attached hydrogens (tertiary/aromatic N) is 1. The maximum atomic E-state index is 12.2. The van der Waals surface area contributed by atoms with Gasteiger partial charge in [-0.3, -0.25) is 4.79 Å². The summed E-state index contributed by atoms with van der Waals surface area (Å²) in [5, 5.41) is 11.6. The Bertz CT molecular complexity index is 346. The molecule has 1 fully saturated rings. The lowest BCUT2D eigenvalue weighted by molar-refractivity contribution is -0.137. The van der Waals surface area contributed by atoms with Crippen LogP contribution in [0.3, 0.4) is 0 Å². The summed E-state index contributed by atoms with van der Waals surface area (Å²) in [7, 11) is 0. The number of aliphatic carboxylic acids is 1. The molecule has 6 nitrogen and oxygen atoms in total. The fourth-order valence-electron chi connectivity index (χ4n) is 2.48. The third-order valence-electron chi connectivity index (χ3n) is 3.64. The van der Waals surface area contributed by atoms with Crippen LogP contribution in [0.15, 0.2) is 0 Å². The summed E-state index contributed by atoms with van der Waals surface area (Å²) < 4.78 is 5.69. The lowest BCUT2D eigenvalue weighted by Gasteiger charge is -2.35. The van der Waals surface area contributed by atoms with Crippen LogP contribution in [0.2, 0.25) is 0 Å². The summed E-state index contributed by atoms with van der Waals surface area (Å²) in [4.78, 5) is 24.4. The van der Waals surface area contributed by atoms with Crippen LogP contribution in [0.4, 0.5) is 4.79 Å². The normalized spacial score (nSPS) is 16.0. The molecule has 0 aromatic rings. The second-order valence-corrected chi connectivity index (χ2v) is 6.48. The van der Waals surface area contributed by atoms with Crippen LogP contribution < -0.4 is 5.32 Å². The molecule has 122 valence electrons. The minimum absolute atomic E-state index is 0.0523. The molecule has 1 rings (SSSR count). The van der Waals surface area contributed by atoms with Crippen molar-refractivity contribution in [3.63, 3.8) is 0 Å². The van der Waals surface area contributed by atoms with Gasteiger partial charge in [-0.2, -0.15) is 0 Å². The van der Waals surface area contributed by atoms with E-state index in [2.05, 4.69) is 5.32 Å². The molecule has 2 N–H and O–H groups in total. The number of ether oxygens (including phenoxy) is 1. The smallest absolute Gasteiger partial charge is 0.317 e. The predicted molar refractivity (Wildman–Crippen MR) is 80.3 cm³/mol. The fraction of sp³-hybridized carbons (Fsp3) is 0.867. The number of carbonyl (C=O) groups is 2. The van der Waals surface area contributed by atoms with Crippen molar-refractivity contribution in [3.05, 3.63) is 0 Å². The topological polar surface area (TPSA) is 78.9 Å². The highest BCUT2D eigenvalue weighted by atomic mass is 16.5. The molecule has 0 spiro atoms. The first-order chi connectivity index (χ1) is 9.80. The molecular weight excluding hydrogens is 272 g/mol. The van der Waals surface area contributed by atoms with Crippen molar-refractivity contribution in [2.45, 2.75) is 64.5 Å². The number of hydrogen-bond acceptors (Lipinski definition) is 3. The largest absolute Gasteiger partial charge is 0.481 e. The molecule has 1 saturated carbocycles. The van der Waals surface area contributed by atoms with Gasteiger partial charge in [-0.1, -0.05) is 12.8 Å². The van der Waals surface area contributed by atoms with Crippen LogP contribution in [-0.4, -0.2) is 53.3 Å². The Balaban J connectivity index is 2.32. The third-order valence-corrected chi connectivity index (χ3v) is 3.64. The van der Waals surface area contributed by atoms with Gasteiger partial charge in [0, 0.05) is 18.6 Å². The first-order valence-corrected chi connectivity index (χ1v) is 7.69. The number of urea groups is 1. The Morgan fingerprint density at radius 1 is 1.29 bits per heavy atom. The molecule has 0 atom stereocenters. The van der Waals surface area contributed by atoms with E-state index in [1.54, 1.807) is 4.90 Å². The van der Waals surface area contributed by atoms with Gasteiger partial charge < -0.3 is 20.1 Å².